The predicted octanol–water partition coefficient (Wildman–Crippen LogP) is -0.645. The summed E-state index contributed by atoms with van der Waals surface area (Å²) >= 11 is 0. The molecule has 0 aromatic carbocycles. The van der Waals surface area contributed by atoms with Gasteiger partial charge in [0.15, 0.2) is 6.21 Å². The molecule has 0 aliphatic rings. The number of likely N-dealkylation sites (N-methyl/N-ethyl adjacent to an activating group) is 1. The average Bonchev–Trinajstić information content (AvgIpc) is 2.18. The maximum Gasteiger partial charge on any atom is 0.172 e. The molecule has 0 saturated carbocycles. The van der Waals surface area contributed by atoms with Crippen molar-refractivity contribution in [1.29, 1.82) is 0 Å². The number of rotatable bonds is 7. The van der Waals surface area contributed by atoms with Gasteiger partial charge in [-0.15, -0.1) is 0 Å². The molecule has 0 fully saturated rings. The molecule has 4 heteroatoms. The van der Waals surface area contributed by atoms with Gasteiger partial charge in [-0.1, -0.05) is 12.7 Å². The Morgan fingerprint density at radius 2 is 2.27 bits per heavy atom. The summed E-state index contributed by atoms with van der Waals surface area (Å²) in [5.41, 5.74) is 7.00. The van der Waals surface area contributed by atoms with E-state index < -0.39 is 0 Å². The van der Waals surface area contributed by atoms with E-state index in [0.29, 0.717) is 23.6 Å². The Hall–Kier alpha value is -1.55. The minimum Gasteiger partial charge on any atom is -0.491 e. The van der Waals surface area contributed by atoms with E-state index in [9.17, 15) is 0 Å². The Labute approximate surface area is 91.0 Å². The van der Waals surface area contributed by atoms with E-state index in [1.165, 1.54) is 6.21 Å². The number of nitrogens with two attached hydrogens (primary N) is 2. The number of hydrogen-bond acceptors (Lipinski definition) is 3. The molecule has 0 amide bonds. The fourth-order valence-electron chi connectivity index (χ4n) is 0.994. The van der Waals surface area contributed by atoms with Crippen LogP contribution in [0.2, 0.25) is 0 Å². The van der Waals surface area contributed by atoms with Crippen LogP contribution in [0.15, 0.2) is 35.8 Å². The highest BCUT2D eigenvalue weighted by molar-refractivity contribution is 5.80. The molecule has 0 aromatic rings. The van der Waals surface area contributed by atoms with Gasteiger partial charge in [0.2, 0.25) is 0 Å². The van der Waals surface area contributed by atoms with Gasteiger partial charge >= 0.3 is 0 Å². The summed E-state index contributed by atoms with van der Waals surface area (Å²) in [6.45, 7) is 6.71. The Morgan fingerprint density at radius 3 is 2.67 bits per heavy atom. The maximum absolute atomic E-state index is 5.68. The summed E-state index contributed by atoms with van der Waals surface area (Å²) in [5, 5.41) is 8.46. The molecule has 0 aliphatic carbocycles. The number of ether oxygens (including phenoxy) is 1. The van der Waals surface area contributed by atoms with Gasteiger partial charge in [-0.2, -0.15) is 0 Å². The van der Waals surface area contributed by atoms with E-state index in [4.69, 9.17) is 15.9 Å². The lowest BCUT2D eigenvalue weighted by Crippen LogP contribution is -2.32. The van der Waals surface area contributed by atoms with Crippen molar-refractivity contribution >= 4 is 6.21 Å². The maximum atomic E-state index is 5.68. The van der Waals surface area contributed by atoms with Crippen LogP contribution in [-0.2, 0) is 4.74 Å². The van der Waals surface area contributed by atoms with E-state index in [1.54, 1.807) is 19.1 Å². The molecule has 0 radical (unpaired) electrons. The van der Waals surface area contributed by atoms with E-state index in [2.05, 4.69) is 11.9 Å². The molecule has 4 nitrogen and oxygen atoms in total. The normalized spacial score (nSPS) is 13.1. The highest BCUT2D eigenvalue weighted by atomic mass is 16.5. The van der Waals surface area contributed by atoms with Crippen molar-refractivity contribution in [3.05, 3.63) is 35.8 Å². The number of nitrogens with one attached hydrogen (secondary N) is 1. The first kappa shape index (κ1) is 13.4. The summed E-state index contributed by atoms with van der Waals surface area (Å²) in [7, 11) is 1.86. The van der Waals surface area contributed by atoms with E-state index in [1.807, 2.05) is 7.05 Å². The highest BCUT2D eigenvalue weighted by Crippen LogP contribution is 2.11. The van der Waals surface area contributed by atoms with Crippen LogP contribution >= 0.6 is 0 Å². The summed E-state index contributed by atoms with van der Waals surface area (Å²) in [6.07, 6.45) is 4.82. The summed E-state index contributed by atoms with van der Waals surface area (Å²) in [4.78, 5) is 0. The van der Waals surface area contributed by atoms with E-state index >= 15 is 0 Å². The van der Waals surface area contributed by atoms with Gasteiger partial charge in [0, 0.05) is 12.2 Å². The smallest absolute Gasteiger partial charge is 0.172 e. The molecule has 15 heavy (non-hydrogen) atoms. The van der Waals surface area contributed by atoms with Crippen LogP contribution in [0.5, 0.6) is 0 Å². The van der Waals surface area contributed by atoms with Crippen LogP contribution < -0.4 is 16.5 Å². The van der Waals surface area contributed by atoms with Crippen LogP contribution in [0, 0.1) is 0 Å². The minimum absolute atomic E-state index is 0.556. The molecular weight excluding hydrogens is 190 g/mol. The molecule has 0 heterocycles. The van der Waals surface area contributed by atoms with Crippen molar-refractivity contribution in [1.82, 2.24) is 5.32 Å². The van der Waals surface area contributed by atoms with E-state index in [-0.39, 0.29) is 0 Å². The predicted molar refractivity (Wildman–Crippen MR) is 63.0 cm³/mol. The largest absolute Gasteiger partial charge is 0.491 e. The average molecular weight is 210 g/mol. The molecule has 0 aliphatic heterocycles. The second kappa shape index (κ2) is 7.82. The molecule has 84 valence electrons. The SMILES string of the molecule is C=C/C=C(OCCNC)\C(C=[NH2+])=C(/C)N. The van der Waals surface area contributed by atoms with Gasteiger partial charge in [0.1, 0.15) is 12.4 Å². The van der Waals surface area contributed by atoms with Crippen molar-refractivity contribution in [2.24, 2.45) is 5.73 Å². The van der Waals surface area contributed by atoms with Crippen LogP contribution in [-0.4, -0.2) is 26.4 Å². The van der Waals surface area contributed by atoms with Gasteiger partial charge in [0.25, 0.3) is 0 Å². The zero-order chi connectivity index (χ0) is 11.7. The summed E-state index contributed by atoms with van der Waals surface area (Å²) in [6, 6.07) is 0. The molecule has 0 atom stereocenters. The number of allylic oxidation sites excluding steroid dienone is 4. The quantitative estimate of drug-likeness (QED) is 0.226. The standard InChI is InChI=1S/C11H19N3O/c1-4-5-11(15-7-6-14-3)10(8-12)9(2)13/h4-5,8,12,14H,1,6-7,13H2,2-3H3/p+1/b10-9+,11-5+,12-8?. The first-order valence-electron chi connectivity index (χ1n) is 4.79. The Kier molecular flexibility index (Phi) is 7.01. The van der Waals surface area contributed by atoms with Crippen molar-refractivity contribution in [3.63, 3.8) is 0 Å². The highest BCUT2D eigenvalue weighted by Gasteiger charge is 2.08. The Bertz CT molecular complexity index is 276. The van der Waals surface area contributed by atoms with Crippen molar-refractivity contribution < 1.29 is 10.1 Å². The van der Waals surface area contributed by atoms with Crippen molar-refractivity contribution in [2.45, 2.75) is 6.92 Å². The lowest BCUT2D eigenvalue weighted by Gasteiger charge is -2.10. The van der Waals surface area contributed by atoms with Crippen molar-refractivity contribution in [3.8, 4) is 0 Å². The molecular formula is C11H20N3O+. The first-order chi connectivity index (χ1) is 7.17. The lowest BCUT2D eigenvalue weighted by atomic mass is 10.2. The van der Waals surface area contributed by atoms with Crippen LogP contribution in [0.1, 0.15) is 6.92 Å². The fraction of sp³-hybridized carbons (Fsp3) is 0.364. The molecule has 0 bridgehead atoms. The van der Waals surface area contributed by atoms with Crippen LogP contribution in [0.25, 0.3) is 0 Å². The zero-order valence-corrected chi connectivity index (χ0v) is 9.42. The first-order valence-corrected chi connectivity index (χ1v) is 4.79. The Morgan fingerprint density at radius 1 is 1.60 bits per heavy atom. The van der Waals surface area contributed by atoms with Gasteiger partial charge in [-0.25, -0.2) is 0 Å². The third-order valence-electron chi connectivity index (χ3n) is 1.74. The fourth-order valence-corrected chi connectivity index (χ4v) is 0.994. The molecule has 0 saturated heterocycles. The molecule has 0 unspecified atom stereocenters. The van der Waals surface area contributed by atoms with Gasteiger partial charge < -0.3 is 15.8 Å². The molecule has 0 spiro atoms. The second-order valence-corrected chi connectivity index (χ2v) is 2.98. The second-order valence-electron chi connectivity index (χ2n) is 2.98. The lowest BCUT2D eigenvalue weighted by molar-refractivity contribution is -0.105. The Balaban J connectivity index is 4.66. The monoisotopic (exact) mass is 210 g/mol. The minimum atomic E-state index is 0.556. The van der Waals surface area contributed by atoms with Gasteiger partial charge in [0.05, 0.1) is 5.57 Å². The molecule has 0 rings (SSSR count). The van der Waals surface area contributed by atoms with Gasteiger partial charge in [-0.05, 0) is 20.0 Å². The van der Waals surface area contributed by atoms with Gasteiger partial charge in [-0.3, -0.25) is 5.41 Å². The third-order valence-corrected chi connectivity index (χ3v) is 1.74. The van der Waals surface area contributed by atoms with Crippen LogP contribution in [0.3, 0.4) is 0 Å². The number of hydrogen-bond donors (Lipinski definition) is 3. The third kappa shape index (κ3) is 5.02. The van der Waals surface area contributed by atoms with Crippen LogP contribution in [0.4, 0.5) is 0 Å². The van der Waals surface area contributed by atoms with E-state index in [0.717, 1.165) is 6.54 Å². The summed E-state index contributed by atoms with van der Waals surface area (Å²) in [5.74, 6) is 0.641. The molecule has 5 N–H and O–H groups in total. The van der Waals surface area contributed by atoms with Crippen molar-refractivity contribution in [2.75, 3.05) is 20.2 Å². The molecule has 0 aromatic heterocycles. The summed E-state index contributed by atoms with van der Waals surface area (Å²) < 4.78 is 5.52. The zero-order valence-electron chi connectivity index (χ0n) is 9.42. The topological polar surface area (TPSA) is 72.9 Å².